The Morgan fingerprint density at radius 2 is 1.86 bits per heavy atom. The van der Waals surface area contributed by atoms with Crippen LogP contribution in [0.15, 0.2) is 28.4 Å². The zero-order chi connectivity index (χ0) is 20.1. The maximum Gasteiger partial charge on any atom is 0.417 e. The van der Waals surface area contributed by atoms with Crippen molar-refractivity contribution < 1.29 is 13.2 Å². The highest BCUT2D eigenvalue weighted by atomic mass is 19.4. The van der Waals surface area contributed by atoms with Crippen LogP contribution in [0.4, 0.5) is 13.2 Å². The zero-order valence-electron chi connectivity index (χ0n) is 15.9. The molecule has 0 bridgehead atoms. The van der Waals surface area contributed by atoms with Crippen molar-refractivity contribution in [1.29, 1.82) is 0 Å². The molecule has 152 valence electrons. The van der Waals surface area contributed by atoms with Gasteiger partial charge in [0.05, 0.1) is 5.56 Å². The number of hydrogen-bond donors (Lipinski definition) is 3. The van der Waals surface area contributed by atoms with E-state index in [0.29, 0.717) is 23.4 Å². The standard InChI is InChI=1S/C19H25F3N6/c1-10(12-3-4-12)18(14-7-15(9-24-8-14)19(20,21)22)27-16(23)26-17(28-18)25-11(2)13-5-6-13/h7-13H,3-6H2,1-2H3,(H4,23,25,26,27,28)/t10-,11-,18?/m1/s1. The zero-order valence-corrected chi connectivity index (χ0v) is 15.9. The number of nitrogens with zero attached hydrogens (tertiary/aromatic N) is 3. The SMILES string of the molecule is C[C@H](C1CC1)C1(c2cncc(C(F)(F)F)c2)N=C(N)N=C(N[C@H](C)C2CC2)N1. The normalized spacial score (nSPS) is 27.3. The Hall–Kier alpha value is -2.32. The molecule has 0 saturated heterocycles. The molecule has 0 amide bonds. The molecule has 2 aliphatic carbocycles. The van der Waals surface area contributed by atoms with Crippen LogP contribution in [0.1, 0.15) is 50.7 Å². The van der Waals surface area contributed by atoms with Crippen molar-refractivity contribution >= 4 is 11.9 Å². The smallest absolute Gasteiger partial charge is 0.368 e. The van der Waals surface area contributed by atoms with Crippen LogP contribution in [-0.4, -0.2) is 22.9 Å². The third kappa shape index (κ3) is 3.66. The first-order valence-electron chi connectivity index (χ1n) is 9.70. The van der Waals surface area contributed by atoms with Crippen LogP contribution in [0.5, 0.6) is 0 Å². The third-order valence-corrected chi connectivity index (χ3v) is 6.01. The number of rotatable bonds is 5. The average molecular weight is 394 g/mol. The first kappa shape index (κ1) is 19.0. The fraction of sp³-hybridized carbons (Fsp3) is 0.632. The minimum absolute atomic E-state index is 0.0501. The van der Waals surface area contributed by atoms with E-state index in [-0.39, 0.29) is 17.9 Å². The van der Waals surface area contributed by atoms with Gasteiger partial charge in [0.15, 0.2) is 5.66 Å². The molecule has 1 aromatic rings. The molecule has 4 rings (SSSR count). The monoisotopic (exact) mass is 394 g/mol. The number of aliphatic imine (C=N–C) groups is 2. The molecule has 0 radical (unpaired) electrons. The molecule has 1 aliphatic heterocycles. The Kier molecular flexibility index (Phi) is 4.50. The summed E-state index contributed by atoms with van der Waals surface area (Å²) in [5, 5.41) is 6.62. The number of nitrogens with one attached hydrogen (secondary N) is 2. The fourth-order valence-corrected chi connectivity index (χ4v) is 3.91. The van der Waals surface area contributed by atoms with Crippen molar-refractivity contribution in [2.45, 2.75) is 57.4 Å². The van der Waals surface area contributed by atoms with Gasteiger partial charge in [0.25, 0.3) is 0 Å². The van der Waals surface area contributed by atoms with Gasteiger partial charge in [-0.25, -0.2) is 4.99 Å². The predicted molar refractivity (Wildman–Crippen MR) is 100 cm³/mol. The van der Waals surface area contributed by atoms with Gasteiger partial charge in [0.2, 0.25) is 11.9 Å². The van der Waals surface area contributed by atoms with Gasteiger partial charge >= 0.3 is 6.18 Å². The number of guanidine groups is 2. The van der Waals surface area contributed by atoms with Crippen LogP contribution in [0.2, 0.25) is 0 Å². The topological polar surface area (TPSA) is 87.7 Å². The van der Waals surface area contributed by atoms with Crippen LogP contribution in [-0.2, 0) is 11.8 Å². The number of alkyl halides is 3. The highest BCUT2D eigenvalue weighted by Crippen LogP contribution is 2.47. The van der Waals surface area contributed by atoms with Gasteiger partial charge in [-0.1, -0.05) is 6.92 Å². The lowest BCUT2D eigenvalue weighted by Crippen LogP contribution is -2.58. The van der Waals surface area contributed by atoms with E-state index in [1.807, 2.05) is 6.92 Å². The Labute approximate surface area is 161 Å². The summed E-state index contributed by atoms with van der Waals surface area (Å²) in [5.41, 5.74) is 4.44. The molecule has 2 saturated carbocycles. The minimum atomic E-state index is -4.48. The quantitative estimate of drug-likeness (QED) is 0.717. The van der Waals surface area contributed by atoms with E-state index in [0.717, 1.165) is 37.9 Å². The van der Waals surface area contributed by atoms with Crippen LogP contribution in [0, 0.1) is 17.8 Å². The van der Waals surface area contributed by atoms with Gasteiger partial charge in [-0.3, -0.25) is 4.98 Å². The van der Waals surface area contributed by atoms with Crippen LogP contribution in [0.25, 0.3) is 0 Å². The van der Waals surface area contributed by atoms with Crippen LogP contribution < -0.4 is 16.4 Å². The van der Waals surface area contributed by atoms with Crippen molar-refractivity contribution in [3.63, 3.8) is 0 Å². The second-order valence-electron chi connectivity index (χ2n) is 8.18. The Bertz CT molecular complexity index is 812. The molecule has 0 spiro atoms. The third-order valence-electron chi connectivity index (χ3n) is 6.01. The molecular formula is C19H25F3N6. The lowest BCUT2D eigenvalue weighted by molar-refractivity contribution is -0.137. The van der Waals surface area contributed by atoms with E-state index in [1.54, 1.807) is 0 Å². The predicted octanol–water partition coefficient (Wildman–Crippen LogP) is 2.96. The van der Waals surface area contributed by atoms with E-state index in [4.69, 9.17) is 5.73 Å². The molecular weight excluding hydrogens is 369 g/mol. The summed E-state index contributed by atoms with van der Waals surface area (Å²) in [7, 11) is 0. The highest BCUT2D eigenvalue weighted by molar-refractivity contribution is 5.97. The number of halogens is 3. The minimum Gasteiger partial charge on any atom is -0.368 e. The number of nitrogens with two attached hydrogens (primary N) is 1. The van der Waals surface area contributed by atoms with Crippen molar-refractivity contribution in [2.24, 2.45) is 33.5 Å². The second kappa shape index (κ2) is 6.63. The molecule has 3 atom stereocenters. The summed E-state index contributed by atoms with van der Waals surface area (Å²) in [6.45, 7) is 4.07. The van der Waals surface area contributed by atoms with E-state index in [9.17, 15) is 13.2 Å². The Balaban J connectivity index is 1.72. The number of aromatic nitrogens is 1. The molecule has 2 heterocycles. The Morgan fingerprint density at radius 3 is 2.46 bits per heavy atom. The van der Waals surface area contributed by atoms with Crippen LogP contribution in [0.3, 0.4) is 0 Å². The first-order valence-corrected chi connectivity index (χ1v) is 9.70. The summed E-state index contributed by atoms with van der Waals surface area (Å²) in [6.07, 6.45) is 2.14. The molecule has 1 unspecified atom stereocenters. The van der Waals surface area contributed by atoms with Gasteiger partial charge in [-0.2, -0.15) is 18.2 Å². The highest BCUT2D eigenvalue weighted by Gasteiger charge is 2.49. The molecule has 6 nitrogen and oxygen atoms in total. The lowest BCUT2D eigenvalue weighted by atomic mass is 9.84. The number of hydrogen-bond acceptors (Lipinski definition) is 6. The average Bonchev–Trinajstić information content (AvgIpc) is 3.52. The van der Waals surface area contributed by atoms with E-state index in [2.05, 4.69) is 32.5 Å². The van der Waals surface area contributed by atoms with Gasteiger partial charge < -0.3 is 16.4 Å². The maximum absolute atomic E-state index is 13.3. The molecule has 1 aromatic heterocycles. The van der Waals surface area contributed by atoms with Crippen molar-refractivity contribution in [3.8, 4) is 0 Å². The van der Waals surface area contributed by atoms with Gasteiger partial charge in [0.1, 0.15) is 0 Å². The lowest BCUT2D eigenvalue weighted by Gasteiger charge is -2.40. The second-order valence-corrected chi connectivity index (χ2v) is 8.18. The van der Waals surface area contributed by atoms with Crippen molar-refractivity contribution in [2.75, 3.05) is 0 Å². The van der Waals surface area contributed by atoms with Gasteiger partial charge in [0, 0.05) is 29.9 Å². The molecule has 2 fully saturated rings. The molecule has 3 aliphatic rings. The summed E-state index contributed by atoms with van der Waals surface area (Å²) >= 11 is 0. The molecule has 9 heteroatoms. The first-order chi connectivity index (χ1) is 13.2. The van der Waals surface area contributed by atoms with Gasteiger partial charge in [-0.05, 0) is 50.5 Å². The van der Waals surface area contributed by atoms with Crippen LogP contribution >= 0.6 is 0 Å². The van der Waals surface area contributed by atoms with E-state index < -0.39 is 17.4 Å². The van der Waals surface area contributed by atoms with E-state index >= 15 is 0 Å². The molecule has 28 heavy (non-hydrogen) atoms. The van der Waals surface area contributed by atoms with Crippen molar-refractivity contribution in [3.05, 3.63) is 29.6 Å². The summed E-state index contributed by atoms with van der Waals surface area (Å²) in [5.74, 6) is 1.37. The van der Waals surface area contributed by atoms with Crippen molar-refractivity contribution in [1.82, 2.24) is 15.6 Å². The largest absolute Gasteiger partial charge is 0.417 e. The van der Waals surface area contributed by atoms with E-state index in [1.165, 1.54) is 6.20 Å². The van der Waals surface area contributed by atoms with Gasteiger partial charge in [-0.15, -0.1) is 0 Å². The fourth-order valence-electron chi connectivity index (χ4n) is 3.91. The Morgan fingerprint density at radius 1 is 1.18 bits per heavy atom. The molecule has 4 N–H and O–H groups in total. The summed E-state index contributed by atoms with van der Waals surface area (Å²) < 4.78 is 39.9. The number of pyridine rings is 1. The maximum atomic E-state index is 13.3. The summed E-state index contributed by atoms with van der Waals surface area (Å²) in [4.78, 5) is 12.7. The summed E-state index contributed by atoms with van der Waals surface area (Å²) in [6, 6.07) is 1.31. The molecule has 0 aromatic carbocycles.